The van der Waals surface area contributed by atoms with Gasteiger partial charge >= 0.3 is 0 Å². The van der Waals surface area contributed by atoms with E-state index in [1.807, 2.05) is 0 Å². The molecule has 1 aromatic carbocycles. The molecule has 0 unspecified atom stereocenters. The topological polar surface area (TPSA) is 50.4 Å². The lowest BCUT2D eigenvalue weighted by Gasteiger charge is -2.11. The normalized spacial score (nSPS) is 14.2. The maximum atomic E-state index is 11.5. The molecule has 1 saturated carbocycles. The summed E-state index contributed by atoms with van der Waals surface area (Å²) < 4.78 is 5.17. The van der Waals surface area contributed by atoms with Crippen LogP contribution in [0.3, 0.4) is 0 Å². The number of hydrogen-bond donors (Lipinski definition) is 2. The summed E-state index contributed by atoms with van der Waals surface area (Å²) in [5.41, 5.74) is 0.728. The number of nitrogens with one attached hydrogen (secondary N) is 2. The van der Waals surface area contributed by atoms with Gasteiger partial charge < -0.3 is 15.4 Å². The van der Waals surface area contributed by atoms with Crippen LogP contribution in [0.25, 0.3) is 0 Å². The molecule has 92 valence electrons. The van der Waals surface area contributed by atoms with Crippen molar-refractivity contribution in [1.29, 1.82) is 0 Å². The van der Waals surface area contributed by atoms with E-state index in [1.165, 1.54) is 0 Å². The first-order valence-corrected chi connectivity index (χ1v) is 5.93. The van der Waals surface area contributed by atoms with Crippen molar-refractivity contribution in [1.82, 2.24) is 5.32 Å². The van der Waals surface area contributed by atoms with E-state index in [9.17, 15) is 4.79 Å². The third-order valence-corrected chi connectivity index (χ3v) is 2.78. The summed E-state index contributed by atoms with van der Waals surface area (Å²) in [5.74, 6) is 0.670. The smallest absolute Gasteiger partial charge is 0.239 e. The van der Waals surface area contributed by atoms with Crippen molar-refractivity contribution in [3.63, 3.8) is 0 Å². The second kappa shape index (κ2) is 5.27. The van der Waals surface area contributed by atoms with Gasteiger partial charge in [0.15, 0.2) is 0 Å². The number of anilines is 1. The number of benzene rings is 1. The molecule has 5 heteroatoms. The van der Waals surface area contributed by atoms with E-state index in [2.05, 4.69) is 10.6 Å². The maximum absolute atomic E-state index is 11.5. The van der Waals surface area contributed by atoms with Crippen molar-refractivity contribution in [3.05, 3.63) is 23.2 Å². The van der Waals surface area contributed by atoms with Gasteiger partial charge in [0.25, 0.3) is 0 Å². The van der Waals surface area contributed by atoms with E-state index in [0.717, 1.165) is 18.5 Å². The third-order valence-electron chi connectivity index (χ3n) is 2.54. The predicted octanol–water partition coefficient (Wildman–Crippen LogP) is 2.04. The number of carbonyl (C=O) groups excluding carboxylic acids is 1. The molecule has 1 aliphatic carbocycles. The standard InChI is InChI=1S/C12H15ClN2O2/c1-17-11-5-2-8(13)6-10(11)14-7-12(16)15-9-3-4-9/h2,5-6,9,14H,3-4,7H2,1H3,(H,15,16). The number of hydrogen-bond acceptors (Lipinski definition) is 3. The number of halogens is 1. The molecule has 0 bridgehead atoms. The fraction of sp³-hybridized carbons (Fsp3) is 0.417. The van der Waals surface area contributed by atoms with E-state index in [4.69, 9.17) is 16.3 Å². The van der Waals surface area contributed by atoms with Crippen LogP contribution in [0.5, 0.6) is 5.75 Å². The Kier molecular flexibility index (Phi) is 3.74. The summed E-state index contributed by atoms with van der Waals surface area (Å²) >= 11 is 5.89. The quantitative estimate of drug-likeness (QED) is 0.846. The Bertz CT molecular complexity index is 419. The number of rotatable bonds is 5. The maximum Gasteiger partial charge on any atom is 0.239 e. The van der Waals surface area contributed by atoms with Gasteiger partial charge in [0.05, 0.1) is 19.3 Å². The van der Waals surface area contributed by atoms with E-state index in [0.29, 0.717) is 16.8 Å². The average molecular weight is 255 g/mol. The minimum atomic E-state index is -0.00507. The van der Waals surface area contributed by atoms with Crippen molar-refractivity contribution in [3.8, 4) is 5.75 Å². The Balaban J connectivity index is 1.92. The predicted molar refractivity (Wildman–Crippen MR) is 67.7 cm³/mol. The summed E-state index contributed by atoms with van der Waals surface area (Å²) in [4.78, 5) is 11.5. The Hall–Kier alpha value is -1.42. The van der Waals surface area contributed by atoms with E-state index in [-0.39, 0.29) is 12.5 Å². The van der Waals surface area contributed by atoms with Gasteiger partial charge in [-0.2, -0.15) is 0 Å². The van der Waals surface area contributed by atoms with E-state index in [1.54, 1.807) is 25.3 Å². The van der Waals surface area contributed by atoms with Crippen LogP contribution in [-0.4, -0.2) is 25.6 Å². The third kappa shape index (κ3) is 3.53. The van der Waals surface area contributed by atoms with Crippen molar-refractivity contribution >= 4 is 23.2 Å². The monoisotopic (exact) mass is 254 g/mol. The van der Waals surface area contributed by atoms with Gasteiger partial charge in [0.2, 0.25) is 5.91 Å². The first-order chi connectivity index (χ1) is 8.19. The van der Waals surface area contributed by atoms with Crippen LogP contribution < -0.4 is 15.4 Å². The molecule has 1 aliphatic rings. The van der Waals surface area contributed by atoms with E-state index >= 15 is 0 Å². The fourth-order valence-corrected chi connectivity index (χ4v) is 1.67. The van der Waals surface area contributed by atoms with E-state index < -0.39 is 0 Å². The van der Waals surface area contributed by atoms with Crippen molar-refractivity contribution in [2.45, 2.75) is 18.9 Å². The number of methoxy groups -OCH3 is 1. The lowest BCUT2D eigenvalue weighted by molar-refractivity contribution is -0.119. The fourth-order valence-electron chi connectivity index (χ4n) is 1.50. The van der Waals surface area contributed by atoms with Gasteiger partial charge in [0, 0.05) is 11.1 Å². The number of amides is 1. The lowest BCUT2D eigenvalue weighted by atomic mass is 10.3. The molecule has 4 nitrogen and oxygen atoms in total. The highest BCUT2D eigenvalue weighted by atomic mass is 35.5. The Morgan fingerprint density at radius 2 is 2.29 bits per heavy atom. The first-order valence-electron chi connectivity index (χ1n) is 5.56. The van der Waals surface area contributed by atoms with Crippen molar-refractivity contribution in [2.75, 3.05) is 19.0 Å². The summed E-state index contributed by atoms with van der Waals surface area (Å²) in [5, 5.41) is 6.52. The van der Waals surface area contributed by atoms with Crippen LogP contribution in [0.15, 0.2) is 18.2 Å². The summed E-state index contributed by atoms with van der Waals surface area (Å²) in [6.45, 7) is 0.229. The Morgan fingerprint density at radius 3 is 2.94 bits per heavy atom. The zero-order chi connectivity index (χ0) is 12.3. The SMILES string of the molecule is COc1ccc(Cl)cc1NCC(=O)NC1CC1. The number of ether oxygens (including phenoxy) is 1. The molecule has 1 amide bonds. The molecule has 0 heterocycles. The Labute approximate surface area is 105 Å². The van der Waals surface area contributed by atoms with Crippen LogP contribution >= 0.6 is 11.6 Å². The highest BCUT2D eigenvalue weighted by Crippen LogP contribution is 2.27. The second-order valence-electron chi connectivity index (χ2n) is 4.04. The van der Waals surface area contributed by atoms with Gasteiger partial charge in [-0.25, -0.2) is 0 Å². The van der Waals surface area contributed by atoms with Crippen molar-refractivity contribution in [2.24, 2.45) is 0 Å². The van der Waals surface area contributed by atoms with Crippen LogP contribution in [0, 0.1) is 0 Å². The molecule has 0 saturated heterocycles. The Morgan fingerprint density at radius 1 is 1.53 bits per heavy atom. The molecule has 0 aromatic heterocycles. The molecule has 0 aliphatic heterocycles. The molecule has 2 rings (SSSR count). The van der Waals surface area contributed by atoms with Crippen LogP contribution in [0.1, 0.15) is 12.8 Å². The molecule has 0 atom stereocenters. The molecular formula is C12H15ClN2O2. The van der Waals surface area contributed by atoms with Gasteiger partial charge in [-0.05, 0) is 31.0 Å². The molecule has 17 heavy (non-hydrogen) atoms. The van der Waals surface area contributed by atoms with Gasteiger partial charge in [-0.1, -0.05) is 11.6 Å². The highest BCUT2D eigenvalue weighted by molar-refractivity contribution is 6.30. The van der Waals surface area contributed by atoms with Crippen molar-refractivity contribution < 1.29 is 9.53 Å². The molecule has 0 radical (unpaired) electrons. The lowest BCUT2D eigenvalue weighted by Crippen LogP contribution is -2.31. The van der Waals surface area contributed by atoms with Crippen LogP contribution in [0.4, 0.5) is 5.69 Å². The van der Waals surface area contributed by atoms with Gasteiger partial charge in [-0.15, -0.1) is 0 Å². The molecule has 1 aromatic rings. The molecule has 2 N–H and O–H groups in total. The summed E-state index contributed by atoms with van der Waals surface area (Å²) in [7, 11) is 1.58. The average Bonchev–Trinajstić information content (AvgIpc) is 3.10. The summed E-state index contributed by atoms with van der Waals surface area (Å²) in [6, 6.07) is 5.63. The molecule has 1 fully saturated rings. The first kappa shape index (κ1) is 12.0. The second-order valence-corrected chi connectivity index (χ2v) is 4.48. The largest absolute Gasteiger partial charge is 0.495 e. The zero-order valence-corrected chi connectivity index (χ0v) is 10.4. The molecular weight excluding hydrogens is 240 g/mol. The van der Waals surface area contributed by atoms with Crippen LogP contribution in [-0.2, 0) is 4.79 Å². The van der Waals surface area contributed by atoms with Gasteiger partial charge in [0.1, 0.15) is 5.75 Å². The van der Waals surface area contributed by atoms with Crippen LogP contribution in [0.2, 0.25) is 5.02 Å². The minimum Gasteiger partial charge on any atom is -0.495 e. The summed E-state index contributed by atoms with van der Waals surface area (Å²) in [6.07, 6.45) is 2.18. The number of carbonyl (C=O) groups is 1. The minimum absolute atomic E-state index is 0.00507. The highest BCUT2D eigenvalue weighted by Gasteiger charge is 2.22. The molecule has 0 spiro atoms. The zero-order valence-electron chi connectivity index (χ0n) is 9.63. The van der Waals surface area contributed by atoms with Gasteiger partial charge in [-0.3, -0.25) is 4.79 Å².